The number of hydrogen-bond acceptors (Lipinski definition) is 5. The zero-order valence-corrected chi connectivity index (χ0v) is 9.63. The molecule has 3 heterocycles. The minimum atomic E-state index is 0.294. The number of amides is 1. The second-order valence-electron chi connectivity index (χ2n) is 4.65. The molecule has 0 radical (unpaired) electrons. The molecule has 2 aliphatic heterocycles. The second-order valence-corrected chi connectivity index (χ2v) is 4.65. The molecular formula is C11H16N4O2. The van der Waals surface area contributed by atoms with Crippen LogP contribution in [-0.2, 0) is 11.2 Å². The third kappa shape index (κ3) is 2.04. The van der Waals surface area contributed by atoms with Gasteiger partial charge in [-0.1, -0.05) is 5.16 Å². The van der Waals surface area contributed by atoms with Crippen molar-refractivity contribution >= 4 is 5.91 Å². The smallest absolute Gasteiger partial charge is 0.227 e. The van der Waals surface area contributed by atoms with Crippen molar-refractivity contribution in [2.24, 2.45) is 0 Å². The van der Waals surface area contributed by atoms with Crippen molar-refractivity contribution in [3.8, 4) is 0 Å². The summed E-state index contributed by atoms with van der Waals surface area (Å²) >= 11 is 0. The van der Waals surface area contributed by atoms with Gasteiger partial charge in [0.25, 0.3) is 0 Å². The van der Waals surface area contributed by atoms with Crippen molar-refractivity contribution in [1.29, 1.82) is 0 Å². The number of hydrogen-bond donors (Lipinski definition) is 1. The highest BCUT2D eigenvalue weighted by molar-refractivity contribution is 5.80. The van der Waals surface area contributed by atoms with Gasteiger partial charge in [0.05, 0.1) is 0 Å². The minimum Gasteiger partial charge on any atom is -0.340 e. The summed E-state index contributed by atoms with van der Waals surface area (Å²) in [6, 6.07) is 0.707. The van der Waals surface area contributed by atoms with Crippen LogP contribution in [0.15, 0.2) is 10.9 Å². The third-order valence-electron chi connectivity index (χ3n) is 3.63. The summed E-state index contributed by atoms with van der Waals surface area (Å²) in [5.41, 5.74) is 0. The first-order chi connectivity index (χ1) is 8.34. The van der Waals surface area contributed by atoms with Crippen LogP contribution in [0.3, 0.4) is 0 Å². The lowest BCUT2D eigenvalue weighted by Crippen LogP contribution is -2.40. The SMILES string of the molecule is O=C1CC(NCCc2ncno2)C2CCCN12. The second kappa shape index (κ2) is 4.44. The molecule has 0 saturated carbocycles. The number of nitrogens with one attached hydrogen (secondary N) is 1. The number of nitrogens with zero attached hydrogens (tertiary/aromatic N) is 3. The molecule has 0 bridgehead atoms. The fourth-order valence-corrected chi connectivity index (χ4v) is 2.84. The fraction of sp³-hybridized carbons (Fsp3) is 0.727. The van der Waals surface area contributed by atoms with Crippen LogP contribution in [0.5, 0.6) is 0 Å². The molecule has 6 nitrogen and oxygen atoms in total. The van der Waals surface area contributed by atoms with Gasteiger partial charge in [0.15, 0.2) is 6.33 Å². The number of fused-ring (bicyclic) bond motifs is 1. The number of carbonyl (C=O) groups is 1. The van der Waals surface area contributed by atoms with Crippen LogP contribution in [0.1, 0.15) is 25.2 Å². The van der Waals surface area contributed by atoms with Crippen molar-refractivity contribution in [1.82, 2.24) is 20.4 Å². The zero-order valence-electron chi connectivity index (χ0n) is 9.63. The number of rotatable bonds is 4. The van der Waals surface area contributed by atoms with Crippen LogP contribution in [0.25, 0.3) is 0 Å². The van der Waals surface area contributed by atoms with E-state index in [1.54, 1.807) is 0 Å². The van der Waals surface area contributed by atoms with Crippen LogP contribution in [0.2, 0.25) is 0 Å². The molecule has 2 aliphatic rings. The molecule has 1 aromatic heterocycles. The molecule has 1 aromatic rings. The normalized spacial score (nSPS) is 27.8. The number of aromatic nitrogens is 2. The largest absolute Gasteiger partial charge is 0.340 e. The summed E-state index contributed by atoms with van der Waals surface area (Å²) in [4.78, 5) is 17.7. The lowest BCUT2D eigenvalue weighted by Gasteiger charge is -2.20. The molecule has 1 amide bonds. The van der Waals surface area contributed by atoms with E-state index in [0.717, 1.165) is 32.4 Å². The summed E-state index contributed by atoms with van der Waals surface area (Å²) in [5, 5.41) is 6.99. The van der Waals surface area contributed by atoms with Crippen molar-refractivity contribution in [3.05, 3.63) is 12.2 Å². The van der Waals surface area contributed by atoms with Gasteiger partial charge in [0, 0.05) is 38.0 Å². The van der Waals surface area contributed by atoms with Gasteiger partial charge in [-0.3, -0.25) is 4.79 Å². The Kier molecular flexibility index (Phi) is 2.80. The topological polar surface area (TPSA) is 71.3 Å². The lowest BCUT2D eigenvalue weighted by atomic mass is 10.1. The maximum atomic E-state index is 11.7. The van der Waals surface area contributed by atoms with E-state index >= 15 is 0 Å². The van der Waals surface area contributed by atoms with Gasteiger partial charge in [0.1, 0.15) is 0 Å². The highest BCUT2D eigenvalue weighted by atomic mass is 16.5. The predicted molar refractivity (Wildman–Crippen MR) is 59.1 cm³/mol. The standard InChI is InChI=1S/C11H16N4O2/c16-11-6-8(9-2-1-5-15(9)11)12-4-3-10-13-7-14-17-10/h7-9,12H,1-6H2. The monoisotopic (exact) mass is 236 g/mol. The Hall–Kier alpha value is -1.43. The Balaban J connectivity index is 1.51. The summed E-state index contributed by atoms with van der Waals surface area (Å²) in [6.45, 7) is 1.72. The summed E-state index contributed by atoms with van der Waals surface area (Å²) in [6.07, 6.45) is 5.03. The quantitative estimate of drug-likeness (QED) is 0.794. The van der Waals surface area contributed by atoms with E-state index < -0.39 is 0 Å². The van der Waals surface area contributed by atoms with Crippen LogP contribution < -0.4 is 5.32 Å². The zero-order chi connectivity index (χ0) is 11.7. The van der Waals surface area contributed by atoms with Gasteiger partial charge >= 0.3 is 0 Å². The van der Waals surface area contributed by atoms with Gasteiger partial charge in [-0.25, -0.2) is 0 Å². The molecule has 3 rings (SSSR count). The maximum absolute atomic E-state index is 11.7. The molecule has 6 heteroatoms. The molecule has 0 aliphatic carbocycles. The van der Waals surface area contributed by atoms with E-state index in [1.165, 1.54) is 6.33 Å². The Morgan fingerprint density at radius 3 is 3.35 bits per heavy atom. The molecule has 2 saturated heterocycles. The average Bonchev–Trinajstić information content (AvgIpc) is 3.01. The van der Waals surface area contributed by atoms with E-state index in [0.29, 0.717) is 30.3 Å². The average molecular weight is 236 g/mol. The first-order valence-corrected chi connectivity index (χ1v) is 6.13. The van der Waals surface area contributed by atoms with E-state index in [9.17, 15) is 4.79 Å². The van der Waals surface area contributed by atoms with E-state index in [1.807, 2.05) is 4.90 Å². The molecule has 2 fully saturated rings. The van der Waals surface area contributed by atoms with E-state index in [-0.39, 0.29) is 0 Å². The molecule has 2 unspecified atom stereocenters. The highest BCUT2D eigenvalue weighted by Gasteiger charge is 2.41. The minimum absolute atomic E-state index is 0.294. The molecule has 2 atom stereocenters. The lowest BCUT2D eigenvalue weighted by molar-refractivity contribution is -0.127. The maximum Gasteiger partial charge on any atom is 0.227 e. The van der Waals surface area contributed by atoms with Crippen molar-refractivity contribution in [2.45, 2.75) is 37.8 Å². The Labute approximate surface area is 99.4 Å². The highest BCUT2D eigenvalue weighted by Crippen LogP contribution is 2.28. The van der Waals surface area contributed by atoms with Crippen LogP contribution in [0, 0.1) is 0 Å². The fourth-order valence-electron chi connectivity index (χ4n) is 2.84. The van der Waals surface area contributed by atoms with E-state index in [2.05, 4.69) is 15.5 Å². The Morgan fingerprint density at radius 1 is 1.59 bits per heavy atom. The summed E-state index contributed by atoms with van der Waals surface area (Å²) in [7, 11) is 0. The number of carbonyl (C=O) groups excluding carboxylic acids is 1. The van der Waals surface area contributed by atoms with Crippen molar-refractivity contribution in [2.75, 3.05) is 13.1 Å². The molecule has 17 heavy (non-hydrogen) atoms. The first-order valence-electron chi connectivity index (χ1n) is 6.13. The van der Waals surface area contributed by atoms with Crippen LogP contribution in [-0.4, -0.2) is 46.1 Å². The van der Waals surface area contributed by atoms with Crippen LogP contribution in [0.4, 0.5) is 0 Å². The summed E-state index contributed by atoms with van der Waals surface area (Å²) < 4.78 is 4.93. The molecule has 0 spiro atoms. The predicted octanol–water partition coefficient (Wildman–Crippen LogP) is -0.0350. The van der Waals surface area contributed by atoms with Gasteiger partial charge < -0.3 is 14.7 Å². The van der Waals surface area contributed by atoms with Gasteiger partial charge in [-0.05, 0) is 12.8 Å². The Morgan fingerprint density at radius 2 is 2.53 bits per heavy atom. The molecule has 1 N–H and O–H groups in total. The van der Waals surface area contributed by atoms with Crippen molar-refractivity contribution < 1.29 is 9.32 Å². The molecule has 0 aromatic carbocycles. The molecular weight excluding hydrogens is 220 g/mol. The summed E-state index contributed by atoms with van der Waals surface area (Å²) in [5.74, 6) is 0.938. The van der Waals surface area contributed by atoms with Crippen LogP contribution >= 0.6 is 0 Å². The van der Waals surface area contributed by atoms with Crippen molar-refractivity contribution in [3.63, 3.8) is 0 Å². The molecule has 92 valence electrons. The van der Waals surface area contributed by atoms with Gasteiger partial charge in [-0.15, -0.1) is 0 Å². The first kappa shape index (κ1) is 10.7. The van der Waals surface area contributed by atoms with Gasteiger partial charge in [0.2, 0.25) is 11.8 Å². The third-order valence-corrected chi connectivity index (χ3v) is 3.63. The Bertz CT molecular complexity index is 392. The van der Waals surface area contributed by atoms with E-state index in [4.69, 9.17) is 4.52 Å². The van der Waals surface area contributed by atoms with Gasteiger partial charge in [-0.2, -0.15) is 4.98 Å².